The van der Waals surface area contributed by atoms with Gasteiger partial charge in [0.2, 0.25) is 0 Å². The molecule has 0 spiro atoms. The minimum Gasteiger partial charge on any atom is -0.330 e. The highest BCUT2D eigenvalue weighted by atomic mass is 15.3. The van der Waals surface area contributed by atoms with Crippen molar-refractivity contribution in [3.8, 4) is 0 Å². The number of aromatic nitrogens is 2. The molecule has 1 aromatic heterocycles. The highest BCUT2D eigenvalue weighted by Crippen LogP contribution is 2.14. The molecule has 0 fully saturated rings. The molecule has 92 valence electrons. The second-order valence-electron chi connectivity index (χ2n) is 5.30. The third kappa shape index (κ3) is 3.94. The molecule has 1 rings (SSSR count). The monoisotopic (exact) mass is 224 g/mol. The van der Waals surface area contributed by atoms with Gasteiger partial charge in [0.1, 0.15) is 0 Å². The molecule has 0 amide bonds. The summed E-state index contributed by atoms with van der Waals surface area (Å²) >= 11 is 0. The van der Waals surface area contributed by atoms with Crippen LogP contribution in [-0.2, 0) is 13.5 Å². The summed E-state index contributed by atoms with van der Waals surface area (Å²) < 4.78 is 1.93. The summed E-state index contributed by atoms with van der Waals surface area (Å²) in [5.41, 5.74) is 7.20. The number of hydrogen-bond donors (Lipinski definition) is 1. The number of likely N-dealkylation sites (N-methyl/N-ethyl adjacent to an activating group) is 1. The van der Waals surface area contributed by atoms with E-state index in [1.54, 1.807) is 0 Å². The maximum absolute atomic E-state index is 5.73. The van der Waals surface area contributed by atoms with Gasteiger partial charge in [0.05, 0.1) is 0 Å². The van der Waals surface area contributed by atoms with Crippen LogP contribution in [0, 0.1) is 5.41 Å². The van der Waals surface area contributed by atoms with Gasteiger partial charge in [-0.15, -0.1) is 0 Å². The van der Waals surface area contributed by atoms with Crippen LogP contribution in [-0.4, -0.2) is 41.4 Å². The molecule has 0 atom stereocenters. The minimum absolute atomic E-state index is 0.196. The molecule has 2 N–H and O–H groups in total. The van der Waals surface area contributed by atoms with Crippen LogP contribution >= 0.6 is 0 Å². The van der Waals surface area contributed by atoms with Crippen molar-refractivity contribution in [3.05, 3.63) is 18.0 Å². The van der Waals surface area contributed by atoms with Gasteiger partial charge in [0.25, 0.3) is 0 Å². The Balaban J connectivity index is 2.36. The fourth-order valence-corrected chi connectivity index (χ4v) is 1.83. The molecule has 4 heteroatoms. The molecular formula is C12H24N4. The van der Waals surface area contributed by atoms with Gasteiger partial charge in [0.15, 0.2) is 0 Å². The SMILES string of the molecule is CN(CCc1ccnn1C)CC(C)(C)CN. The first-order chi connectivity index (χ1) is 7.44. The Kier molecular flexibility index (Phi) is 4.50. The minimum atomic E-state index is 0.196. The molecule has 0 aromatic carbocycles. The number of rotatable bonds is 6. The fourth-order valence-electron chi connectivity index (χ4n) is 1.83. The third-order valence-corrected chi connectivity index (χ3v) is 2.92. The summed E-state index contributed by atoms with van der Waals surface area (Å²) in [5, 5.41) is 4.16. The van der Waals surface area contributed by atoms with E-state index in [4.69, 9.17) is 5.73 Å². The summed E-state index contributed by atoms with van der Waals surface area (Å²) in [4.78, 5) is 2.33. The van der Waals surface area contributed by atoms with E-state index in [-0.39, 0.29) is 5.41 Å². The molecule has 0 aliphatic carbocycles. The van der Waals surface area contributed by atoms with E-state index >= 15 is 0 Å². The van der Waals surface area contributed by atoms with Gasteiger partial charge in [-0.2, -0.15) is 5.10 Å². The van der Waals surface area contributed by atoms with Crippen LogP contribution in [0.25, 0.3) is 0 Å². The van der Waals surface area contributed by atoms with Crippen molar-refractivity contribution in [2.45, 2.75) is 20.3 Å². The first-order valence-electron chi connectivity index (χ1n) is 5.80. The van der Waals surface area contributed by atoms with Gasteiger partial charge >= 0.3 is 0 Å². The summed E-state index contributed by atoms with van der Waals surface area (Å²) in [5.74, 6) is 0. The maximum atomic E-state index is 5.73. The van der Waals surface area contributed by atoms with E-state index < -0.39 is 0 Å². The van der Waals surface area contributed by atoms with E-state index in [1.165, 1.54) is 5.69 Å². The van der Waals surface area contributed by atoms with Gasteiger partial charge < -0.3 is 10.6 Å². The Morgan fingerprint density at radius 2 is 2.19 bits per heavy atom. The Bertz CT molecular complexity index is 317. The van der Waals surface area contributed by atoms with Gasteiger partial charge in [-0.25, -0.2) is 0 Å². The Labute approximate surface area is 98.4 Å². The molecule has 4 nitrogen and oxygen atoms in total. The Hall–Kier alpha value is -0.870. The average Bonchev–Trinajstić information content (AvgIpc) is 2.60. The van der Waals surface area contributed by atoms with E-state index in [0.717, 1.165) is 26.1 Å². The summed E-state index contributed by atoms with van der Waals surface area (Å²) in [6.07, 6.45) is 2.88. The van der Waals surface area contributed by atoms with E-state index in [2.05, 4.69) is 37.0 Å². The van der Waals surface area contributed by atoms with Crippen molar-refractivity contribution < 1.29 is 0 Å². The second-order valence-corrected chi connectivity index (χ2v) is 5.30. The van der Waals surface area contributed by atoms with Crippen molar-refractivity contribution in [2.24, 2.45) is 18.2 Å². The van der Waals surface area contributed by atoms with Crippen molar-refractivity contribution >= 4 is 0 Å². The zero-order valence-corrected chi connectivity index (χ0v) is 10.9. The van der Waals surface area contributed by atoms with Crippen LogP contribution in [0.5, 0.6) is 0 Å². The summed E-state index contributed by atoms with van der Waals surface area (Å²) in [6.45, 7) is 7.20. The number of aryl methyl sites for hydroxylation is 1. The summed E-state index contributed by atoms with van der Waals surface area (Å²) in [7, 11) is 4.13. The summed E-state index contributed by atoms with van der Waals surface area (Å²) in [6, 6.07) is 2.07. The quantitative estimate of drug-likeness (QED) is 0.780. The molecule has 0 unspecified atom stereocenters. The molecule has 0 bridgehead atoms. The van der Waals surface area contributed by atoms with Crippen LogP contribution in [0.3, 0.4) is 0 Å². The third-order valence-electron chi connectivity index (χ3n) is 2.92. The molecular weight excluding hydrogens is 200 g/mol. The molecule has 0 saturated heterocycles. The number of nitrogens with zero attached hydrogens (tertiary/aromatic N) is 3. The lowest BCUT2D eigenvalue weighted by Gasteiger charge is -2.28. The van der Waals surface area contributed by atoms with Crippen molar-refractivity contribution in [2.75, 3.05) is 26.7 Å². The fraction of sp³-hybridized carbons (Fsp3) is 0.750. The zero-order chi connectivity index (χ0) is 12.2. The molecule has 0 aliphatic rings. The maximum Gasteiger partial charge on any atom is 0.0492 e. The number of nitrogens with two attached hydrogens (primary N) is 1. The molecule has 1 heterocycles. The van der Waals surface area contributed by atoms with Crippen molar-refractivity contribution in [1.82, 2.24) is 14.7 Å². The van der Waals surface area contributed by atoms with E-state index in [9.17, 15) is 0 Å². The van der Waals surface area contributed by atoms with Crippen LogP contribution < -0.4 is 5.73 Å². The predicted molar refractivity (Wildman–Crippen MR) is 67.2 cm³/mol. The lowest BCUT2D eigenvalue weighted by molar-refractivity contribution is 0.217. The normalized spacial score (nSPS) is 12.4. The second kappa shape index (κ2) is 5.46. The van der Waals surface area contributed by atoms with Crippen molar-refractivity contribution in [3.63, 3.8) is 0 Å². The molecule has 0 radical (unpaired) electrons. The lowest BCUT2D eigenvalue weighted by Crippen LogP contribution is -2.37. The largest absolute Gasteiger partial charge is 0.330 e. The first kappa shape index (κ1) is 13.2. The zero-order valence-electron chi connectivity index (χ0n) is 10.9. The van der Waals surface area contributed by atoms with Crippen LogP contribution in [0.15, 0.2) is 12.3 Å². The van der Waals surface area contributed by atoms with E-state index in [0.29, 0.717) is 0 Å². The van der Waals surface area contributed by atoms with Gasteiger partial charge in [-0.3, -0.25) is 4.68 Å². The standard InChI is InChI=1S/C12H24N4/c1-12(2,9-13)10-15(3)8-6-11-5-7-14-16(11)4/h5,7H,6,8-10,13H2,1-4H3. The lowest BCUT2D eigenvalue weighted by atomic mass is 9.93. The van der Waals surface area contributed by atoms with Crippen LogP contribution in [0.2, 0.25) is 0 Å². The Morgan fingerprint density at radius 1 is 1.50 bits per heavy atom. The average molecular weight is 224 g/mol. The smallest absolute Gasteiger partial charge is 0.0492 e. The van der Waals surface area contributed by atoms with E-state index in [1.807, 2.05) is 17.9 Å². The predicted octanol–water partition coefficient (Wildman–Crippen LogP) is 0.879. The topological polar surface area (TPSA) is 47.1 Å². The van der Waals surface area contributed by atoms with Crippen LogP contribution in [0.4, 0.5) is 0 Å². The Morgan fingerprint density at radius 3 is 2.69 bits per heavy atom. The van der Waals surface area contributed by atoms with Crippen LogP contribution in [0.1, 0.15) is 19.5 Å². The van der Waals surface area contributed by atoms with Crippen molar-refractivity contribution in [1.29, 1.82) is 0 Å². The highest BCUT2D eigenvalue weighted by molar-refractivity contribution is 5.00. The first-order valence-corrected chi connectivity index (χ1v) is 5.80. The molecule has 1 aromatic rings. The van der Waals surface area contributed by atoms with Gasteiger partial charge in [-0.1, -0.05) is 13.8 Å². The molecule has 16 heavy (non-hydrogen) atoms. The highest BCUT2D eigenvalue weighted by Gasteiger charge is 2.17. The van der Waals surface area contributed by atoms with Gasteiger partial charge in [0, 0.05) is 38.4 Å². The molecule has 0 saturated carbocycles. The van der Waals surface area contributed by atoms with Gasteiger partial charge in [-0.05, 0) is 25.1 Å². The number of hydrogen-bond acceptors (Lipinski definition) is 3. The molecule has 0 aliphatic heterocycles.